The van der Waals surface area contributed by atoms with E-state index in [1.165, 1.54) is 12.2 Å². The SMILES string of the molecule is N=C(N)SCC1=C2C(F)=CC=CC23CC=C(F)C(CSC(=N)N)=C3O1. The number of rotatable bonds is 4. The molecule has 0 aromatic rings. The van der Waals surface area contributed by atoms with Crippen LogP contribution in [-0.2, 0) is 4.74 Å². The van der Waals surface area contributed by atoms with Crippen LogP contribution in [0.3, 0.4) is 0 Å². The molecule has 1 spiro atoms. The van der Waals surface area contributed by atoms with E-state index in [2.05, 4.69) is 0 Å². The number of amidine groups is 2. The van der Waals surface area contributed by atoms with Crippen LogP contribution in [0.25, 0.3) is 0 Å². The van der Waals surface area contributed by atoms with Gasteiger partial charge in [-0.1, -0.05) is 35.7 Å². The largest absolute Gasteiger partial charge is 0.463 e. The Bertz CT molecular complexity index is 813. The fraction of sp³-hybridized carbons (Fsp3) is 0.250. The van der Waals surface area contributed by atoms with Crippen molar-refractivity contribution in [3.8, 4) is 0 Å². The number of hydrogen-bond acceptors (Lipinski definition) is 5. The van der Waals surface area contributed by atoms with Crippen molar-refractivity contribution in [3.05, 3.63) is 58.6 Å². The first-order valence-electron chi connectivity index (χ1n) is 7.35. The summed E-state index contributed by atoms with van der Waals surface area (Å²) in [5.74, 6) is 0.0776. The van der Waals surface area contributed by atoms with Crippen LogP contribution in [0, 0.1) is 16.2 Å². The average Bonchev–Trinajstić information content (AvgIpc) is 2.88. The van der Waals surface area contributed by atoms with Crippen molar-refractivity contribution in [1.82, 2.24) is 0 Å². The van der Waals surface area contributed by atoms with Gasteiger partial charge in [0.2, 0.25) is 0 Å². The van der Waals surface area contributed by atoms with Gasteiger partial charge in [-0.2, -0.15) is 0 Å². The fourth-order valence-electron chi connectivity index (χ4n) is 3.12. The van der Waals surface area contributed by atoms with Gasteiger partial charge in [-0.25, -0.2) is 8.78 Å². The second-order valence-corrected chi connectivity index (χ2v) is 7.65. The molecule has 5 nitrogen and oxygen atoms in total. The van der Waals surface area contributed by atoms with Crippen LogP contribution >= 0.6 is 23.5 Å². The van der Waals surface area contributed by atoms with E-state index in [1.807, 2.05) is 0 Å². The number of hydrogen-bond donors (Lipinski definition) is 4. The zero-order chi connectivity index (χ0) is 18.2. The minimum atomic E-state index is -0.895. The predicted octanol–water partition coefficient (Wildman–Crippen LogP) is 3.44. The number of thioether (sulfide) groups is 2. The van der Waals surface area contributed by atoms with Crippen molar-refractivity contribution in [2.24, 2.45) is 16.9 Å². The van der Waals surface area contributed by atoms with Gasteiger partial charge in [0.05, 0.1) is 11.2 Å². The Morgan fingerprint density at radius 1 is 1.16 bits per heavy atom. The van der Waals surface area contributed by atoms with E-state index in [-0.39, 0.29) is 33.8 Å². The first-order valence-corrected chi connectivity index (χ1v) is 9.32. The van der Waals surface area contributed by atoms with Crippen LogP contribution in [-0.4, -0.2) is 21.8 Å². The number of nitrogens with one attached hydrogen (secondary N) is 2. The molecule has 0 aromatic heterocycles. The minimum absolute atomic E-state index is 0.109. The van der Waals surface area contributed by atoms with Gasteiger partial charge < -0.3 is 16.2 Å². The van der Waals surface area contributed by atoms with Crippen LogP contribution in [0.1, 0.15) is 6.42 Å². The van der Waals surface area contributed by atoms with E-state index in [1.54, 1.807) is 12.2 Å². The molecule has 0 saturated carbocycles. The first-order chi connectivity index (χ1) is 11.8. The highest BCUT2D eigenvalue weighted by molar-refractivity contribution is 8.14. The smallest absolute Gasteiger partial charge is 0.151 e. The normalized spacial score (nSPS) is 24.4. The van der Waals surface area contributed by atoms with E-state index < -0.39 is 17.1 Å². The molecule has 6 N–H and O–H groups in total. The molecule has 1 unspecified atom stereocenters. The second kappa shape index (κ2) is 6.72. The quantitative estimate of drug-likeness (QED) is 0.440. The Labute approximate surface area is 151 Å². The summed E-state index contributed by atoms with van der Waals surface area (Å²) in [6.07, 6.45) is 6.38. The monoisotopic (exact) mass is 382 g/mol. The highest BCUT2D eigenvalue weighted by atomic mass is 32.2. The molecule has 3 rings (SSSR count). The van der Waals surface area contributed by atoms with Crippen molar-refractivity contribution < 1.29 is 13.5 Å². The molecular weight excluding hydrogens is 366 g/mol. The zero-order valence-corrected chi connectivity index (χ0v) is 14.7. The molecule has 25 heavy (non-hydrogen) atoms. The lowest BCUT2D eigenvalue weighted by atomic mass is 9.70. The van der Waals surface area contributed by atoms with Crippen molar-refractivity contribution in [2.75, 3.05) is 11.5 Å². The third-order valence-corrected chi connectivity index (χ3v) is 5.58. The van der Waals surface area contributed by atoms with Crippen LogP contribution in [0.4, 0.5) is 8.78 Å². The lowest BCUT2D eigenvalue weighted by Gasteiger charge is -2.32. The minimum Gasteiger partial charge on any atom is -0.463 e. The average molecular weight is 382 g/mol. The van der Waals surface area contributed by atoms with Gasteiger partial charge in [-0.05, 0) is 18.6 Å². The van der Waals surface area contributed by atoms with Crippen molar-refractivity contribution in [1.29, 1.82) is 10.8 Å². The fourth-order valence-corrected chi connectivity index (χ4v) is 4.18. The Hall–Kier alpha value is -2.00. The molecule has 9 heteroatoms. The molecule has 2 aliphatic carbocycles. The van der Waals surface area contributed by atoms with Crippen LogP contribution in [0.5, 0.6) is 0 Å². The molecule has 1 atom stereocenters. The Kier molecular flexibility index (Phi) is 4.79. The molecular formula is C16H16F2N4OS2. The summed E-state index contributed by atoms with van der Waals surface area (Å²) in [4.78, 5) is 0. The number of nitrogens with two attached hydrogens (primary N) is 2. The Morgan fingerprint density at radius 2 is 1.84 bits per heavy atom. The second-order valence-electron chi connectivity index (χ2n) is 5.62. The van der Waals surface area contributed by atoms with Gasteiger partial charge in [0.25, 0.3) is 0 Å². The highest BCUT2D eigenvalue weighted by Gasteiger charge is 2.51. The van der Waals surface area contributed by atoms with Crippen molar-refractivity contribution in [3.63, 3.8) is 0 Å². The van der Waals surface area contributed by atoms with E-state index in [0.29, 0.717) is 17.1 Å². The lowest BCUT2D eigenvalue weighted by Crippen LogP contribution is -2.26. The van der Waals surface area contributed by atoms with E-state index in [4.69, 9.17) is 27.0 Å². The Balaban J connectivity index is 2.06. The van der Waals surface area contributed by atoms with Crippen LogP contribution < -0.4 is 11.5 Å². The van der Waals surface area contributed by atoms with E-state index >= 15 is 0 Å². The third kappa shape index (κ3) is 3.13. The summed E-state index contributed by atoms with van der Waals surface area (Å²) >= 11 is 2.00. The van der Waals surface area contributed by atoms with Crippen molar-refractivity contribution in [2.45, 2.75) is 6.42 Å². The van der Waals surface area contributed by atoms with Gasteiger partial charge in [-0.3, -0.25) is 10.8 Å². The molecule has 0 aromatic carbocycles. The number of allylic oxidation sites excluding steroid dienone is 6. The van der Waals surface area contributed by atoms with E-state index in [9.17, 15) is 8.78 Å². The molecule has 0 bridgehead atoms. The van der Waals surface area contributed by atoms with Crippen LogP contribution in [0.2, 0.25) is 0 Å². The summed E-state index contributed by atoms with van der Waals surface area (Å²) in [6.45, 7) is 0. The summed E-state index contributed by atoms with van der Waals surface area (Å²) in [5.41, 5.74) is 10.5. The van der Waals surface area contributed by atoms with E-state index in [0.717, 1.165) is 23.5 Å². The molecule has 0 radical (unpaired) electrons. The topological polar surface area (TPSA) is 109 Å². The Morgan fingerprint density at radius 3 is 2.52 bits per heavy atom. The molecule has 0 saturated heterocycles. The number of ether oxygens (including phenoxy) is 1. The maximum Gasteiger partial charge on any atom is 0.151 e. The molecule has 1 heterocycles. The summed E-state index contributed by atoms with van der Waals surface area (Å²) in [6, 6.07) is 0. The van der Waals surface area contributed by atoms with Gasteiger partial charge in [-0.15, -0.1) is 0 Å². The van der Waals surface area contributed by atoms with Gasteiger partial charge in [0.15, 0.2) is 10.3 Å². The maximum atomic E-state index is 14.6. The third-order valence-electron chi connectivity index (χ3n) is 4.11. The number of halogens is 2. The first kappa shape index (κ1) is 17.8. The summed E-state index contributed by atoms with van der Waals surface area (Å²) in [5, 5.41) is 14.4. The van der Waals surface area contributed by atoms with Gasteiger partial charge in [0, 0.05) is 16.9 Å². The predicted molar refractivity (Wildman–Crippen MR) is 98.5 cm³/mol. The zero-order valence-electron chi connectivity index (χ0n) is 13.1. The maximum absolute atomic E-state index is 14.6. The van der Waals surface area contributed by atoms with Gasteiger partial charge in [0.1, 0.15) is 23.2 Å². The molecule has 0 amide bonds. The van der Waals surface area contributed by atoms with Crippen molar-refractivity contribution >= 4 is 33.9 Å². The molecule has 132 valence electrons. The van der Waals surface area contributed by atoms with Crippen LogP contribution in [0.15, 0.2) is 58.6 Å². The summed E-state index contributed by atoms with van der Waals surface area (Å²) < 4.78 is 34.9. The highest BCUT2D eigenvalue weighted by Crippen LogP contribution is 2.58. The lowest BCUT2D eigenvalue weighted by molar-refractivity contribution is 0.274. The molecule has 1 aliphatic heterocycles. The summed E-state index contributed by atoms with van der Waals surface area (Å²) in [7, 11) is 0. The standard InChI is InChI=1S/C16H16F2N4OS2/c17-9-3-5-16-4-1-2-10(18)12(16)11(7-25-15(21)22)23-13(16)8(9)6-24-14(19)20/h1-4H,5-7H2,(H3,19,20)(H3,21,22). The molecule has 3 aliphatic rings. The molecule has 0 fully saturated rings. The van der Waals surface area contributed by atoms with Gasteiger partial charge >= 0.3 is 0 Å².